The topological polar surface area (TPSA) is 58.8 Å². The fourth-order valence-electron chi connectivity index (χ4n) is 2.46. The van der Waals surface area contributed by atoms with Crippen LogP contribution in [0.4, 0.5) is 5.69 Å². The molecule has 0 fully saturated rings. The van der Waals surface area contributed by atoms with Crippen molar-refractivity contribution in [1.82, 2.24) is 20.6 Å². The van der Waals surface area contributed by atoms with Crippen LogP contribution in [0.25, 0.3) is 26.7 Å². The Bertz CT molecular complexity index is 881. The van der Waals surface area contributed by atoms with Crippen molar-refractivity contribution in [1.29, 1.82) is 0 Å². The Morgan fingerprint density at radius 1 is 1.21 bits per heavy atom. The van der Waals surface area contributed by atoms with E-state index in [0.29, 0.717) is 11.5 Å². The smallest absolute Gasteiger partial charge is 0.219 e. The molecule has 0 saturated carbocycles. The molecule has 24 heavy (non-hydrogen) atoms. The average Bonchev–Trinajstić information content (AvgIpc) is 3.20. The summed E-state index contributed by atoms with van der Waals surface area (Å²) in [6, 6.07) is 8.40. The van der Waals surface area contributed by atoms with Crippen molar-refractivity contribution in [3.63, 3.8) is 0 Å². The fraction of sp³-hybridized carbons (Fsp3) is 0.294. The van der Waals surface area contributed by atoms with Gasteiger partial charge in [-0.15, -0.1) is 33.3 Å². The van der Waals surface area contributed by atoms with Crippen LogP contribution in [0, 0.1) is 6.57 Å². The van der Waals surface area contributed by atoms with E-state index in [1.54, 1.807) is 11.8 Å². The maximum absolute atomic E-state index is 7.61. The zero-order valence-corrected chi connectivity index (χ0v) is 15.5. The van der Waals surface area contributed by atoms with Gasteiger partial charge in [0, 0.05) is 5.56 Å². The van der Waals surface area contributed by atoms with E-state index in [1.165, 1.54) is 16.9 Å². The number of aromatic nitrogens is 4. The number of benzene rings is 1. The minimum absolute atomic E-state index is 0.0940. The molecule has 0 aliphatic carbocycles. The van der Waals surface area contributed by atoms with Gasteiger partial charge in [0.15, 0.2) is 0 Å². The molecule has 2 aromatic heterocycles. The first-order valence-electron chi connectivity index (χ1n) is 7.38. The van der Waals surface area contributed by atoms with Gasteiger partial charge in [0.05, 0.1) is 15.7 Å². The van der Waals surface area contributed by atoms with Gasteiger partial charge in [0.1, 0.15) is 0 Å². The van der Waals surface area contributed by atoms with Gasteiger partial charge in [-0.1, -0.05) is 45.0 Å². The summed E-state index contributed by atoms with van der Waals surface area (Å²) in [5, 5.41) is 14.4. The Morgan fingerprint density at radius 3 is 2.42 bits per heavy atom. The normalized spacial score (nSPS) is 11.5. The second-order valence-corrected chi connectivity index (χ2v) is 8.42. The van der Waals surface area contributed by atoms with Crippen molar-refractivity contribution >= 4 is 28.8 Å². The van der Waals surface area contributed by atoms with Gasteiger partial charge in [-0.05, 0) is 28.0 Å². The van der Waals surface area contributed by atoms with Gasteiger partial charge in [-0.25, -0.2) is 4.85 Å². The summed E-state index contributed by atoms with van der Waals surface area (Å²) in [7, 11) is 0. The van der Waals surface area contributed by atoms with Crippen LogP contribution in [-0.2, 0) is 5.41 Å². The van der Waals surface area contributed by atoms with E-state index in [-0.39, 0.29) is 5.41 Å². The molecule has 122 valence electrons. The van der Waals surface area contributed by atoms with E-state index in [2.05, 4.69) is 70.5 Å². The molecule has 3 rings (SSSR count). The lowest BCUT2D eigenvalue weighted by Crippen LogP contribution is -2.10. The van der Waals surface area contributed by atoms with E-state index >= 15 is 0 Å². The quantitative estimate of drug-likeness (QED) is 0.520. The first-order chi connectivity index (χ1) is 11.5. The number of hydrogen-bond acceptors (Lipinski definition) is 5. The highest BCUT2D eigenvalue weighted by molar-refractivity contribution is 8.00. The fourth-order valence-corrected chi connectivity index (χ4v) is 4.31. The van der Waals surface area contributed by atoms with E-state index in [0.717, 1.165) is 20.2 Å². The number of hydrogen-bond donors (Lipinski definition) is 1. The maximum Gasteiger partial charge on any atom is 0.219 e. The molecule has 0 amide bonds. The third-order valence-electron chi connectivity index (χ3n) is 3.74. The summed E-state index contributed by atoms with van der Waals surface area (Å²) in [6.45, 7) is 14.2. The van der Waals surface area contributed by atoms with Crippen LogP contribution in [0.15, 0.2) is 28.5 Å². The predicted octanol–water partition coefficient (Wildman–Crippen LogP) is 5.17. The molecule has 7 heteroatoms. The molecule has 2 heterocycles. The highest BCUT2D eigenvalue weighted by Crippen LogP contribution is 2.50. The molecule has 5 nitrogen and oxygen atoms in total. The molecular formula is C17H17N5S2. The minimum Gasteiger partial charge on any atom is -0.235 e. The van der Waals surface area contributed by atoms with Crippen LogP contribution in [0.3, 0.4) is 0 Å². The van der Waals surface area contributed by atoms with Gasteiger partial charge < -0.3 is 0 Å². The van der Waals surface area contributed by atoms with Crippen LogP contribution in [0.5, 0.6) is 0 Å². The first-order valence-corrected chi connectivity index (χ1v) is 9.42. The molecule has 0 bridgehead atoms. The first kappa shape index (κ1) is 16.7. The van der Waals surface area contributed by atoms with Crippen molar-refractivity contribution < 1.29 is 0 Å². The van der Waals surface area contributed by atoms with Gasteiger partial charge in [0.25, 0.3) is 0 Å². The van der Waals surface area contributed by atoms with Gasteiger partial charge in [-0.2, -0.15) is 5.21 Å². The van der Waals surface area contributed by atoms with Crippen molar-refractivity contribution in [3.8, 4) is 21.8 Å². The van der Waals surface area contributed by atoms with Gasteiger partial charge in [0.2, 0.25) is 11.5 Å². The van der Waals surface area contributed by atoms with E-state index in [9.17, 15) is 0 Å². The number of nitrogens with zero attached hydrogens (tertiary/aromatic N) is 4. The van der Waals surface area contributed by atoms with Crippen LogP contribution < -0.4 is 0 Å². The SMILES string of the molecule is [C-]#[N+]c1c(SC)sc(-c2nn[nH]n2)c1-c1ccc(C(C)(C)C)cc1. The Kier molecular flexibility index (Phi) is 4.43. The van der Waals surface area contributed by atoms with Crippen molar-refractivity contribution in [3.05, 3.63) is 41.2 Å². The summed E-state index contributed by atoms with van der Waals surface area (Å²) in [5.74, 6) is 0.528. The van der Waals surface area contributed by atoms with Crippen LogP contribution in [0.1, 0.15) is 26.3 Å². The summed E-state index contributed by atoms with van der Waals surface area (Å²) < 4.78 is 0.972. The predicted molar refractivity (Wildman–Crippen MR) is 99.7 cm³/mol. The Labute approximate surface area is 149 Å². The molecule has 0 unspecified atom stereocenters. The Morgan fingerprint density at radius 2 is 1.92 bits per heavy atom. The van der Waals surface area contributed by atoms with E-state index in [4.69, 9.17) is 6.57 Å². The molecule has 0 spiro atoms. The molecule has 0 aliphatic rings. The lowest BCUT2D eigenvalue weighted by molar-refractivity contribution is 0.590. The number of nitrogens with one attached hydrogen (secondary N) is 1. The van der Waals surface area contributed by atoms with Gasteiger partial charge in [-0.3, -0.25) is 0 Å². The zero-order chi connectivity index (χ0) is 17.3. The van der Waals surface area contributed by atoms with Gasteiger partial charge >= 0.3 is 0 Å². The number of thioether (sulfide) groups is 1. The summed E-state index contributed by atoms with van der Waals surface area (Å²) >= 11 is 3.11. The number of aromatic amines is 1. The van der Waals surface area contributed by atoms with Crippen molar-refractivity contribution in [2.75, 3.05) is 6.26 Å². The van der Waals surface area contributed by atoms with Crippen molar-refractivity contribution in [2.24, 2.45) is 0 Å². The maximum atomic E-state index is 7.61. The molecule has 0 radical (unpaired) electrons. The summed E-state index contributed by atoms with van der Waals surface area (Å²) in [4.78, 5) is 4.65. The molecule has 3 aromatic rings. The molecular weight excluding hydrogens is 338 g/mol. The lowest BCUT2D eigenvalue weighted by atomic mass is 9.86. The largest absolute Gasteiger partial charge is 0.235 e. The Hall–Kier alpha value is -2.17. The molecule has 0 saturated heterocycles. The van der Waals surface area contributed by atoms with Crippen LogP contribution in [-0.4, -0.2) is 26.9 Å². The van der Waals surface area contributed by atoms with E-state index < -0.39 is 0 Å². The van der Waals surface area contributed by atoms with Crippen LogP contribution >= 0.6 is 23.1 Å². The minimum atomic E-state index is 0.0940. The molecule has 1 aromatic carbocycles. The number of rotatable bonds is 3. The number of thiophene rings is 1. The summed E-state index contributed by atoms with van der Waals surface area (Å²) in [5.41, 5.74) is 3.91. The molecule has 1 N–H and O–H groups in total. The average molecular weight is 355 g/mol. The molecule has 0 atom stereocenters. The Balaban J connectivity index is 2.20. The van der Waals surface area contributed by atoms with Crippen LogP contribution in [0.2, 0.25) is 0 Å². The zero-order valence-electron chi connectivity index (χ0n) is 13.9. The molecule has 0 aliphatic heterocycles. The highest BCUT2D eigenvalue weighted by Gasteiger charge is 2.23. The third-order valence-corrected chi connectivity index (χ3v) is 6.02. The summed E-state index contributed by atoms with van der Waals surface area (Å²) in [6.07, 6.45) is 1.98. The third kappa shape index (κ3) is 2.95. The second kappa shape index (κ2) is 6.38. The van der Waals surface area contributed by atoms with Crippen molar-refractivity contribution in [2.45, 2.75) is 30.4 Å². The number of tetrazole rings is 1. The monoisotopic (exact) mass is 355 g/mol. The highest BCUT2D eigenvalue weighted by atomic mass is 32.2. The lowest BCUT2D eigenvalue weighted by Gasteiger charge is -2.19. The number of H-pyrrole nitrogens is 1. The van der Waals surface area contributed by atoms with E-state index in [1.807, 2.05) is 6.26 Å². The second-order valence-electron chi connectivity index (χ2n) is 6.32. The standard InChI is InChI=1S/C17H17N5S2/c1-17(2,3)11-8-6-10(7-9-11)12-13(18-4)16(23-5)24-14(12)15-19-21-22-20-15/h6-9H,1-3,5H3,(H,19,20,21,22).